The van der Waals surface area contributed by atoms with Crippen LogP contribution in [0, 0.1) is 0 Å². The summed E-state index contributed by atoms with van der Waals surface area (Å²) in [5.41, 5.74) is 0. The topological polar surface area (TPSA) is 98.7 Å². The van der Waals surface area contributed by atoms with Crippen molar-refractivity contribution < 1.29 is 22.5 Å². The Balaban J connectivity index is 1.68. The van der Waals surface area contributed by atoms with Crippen LogP contribution in [0.4, 0.5) is 13.2 Å². The number of rotatable bonds is 6. The Hall–Kier alpha value is -2.76. The third-order valence-corrected chi connectivity index (χ3v) is 4.66. The number of hydrogen-bond donors (Lipinski definition) is 1. The number of hydrogen-bond acceptors (Lipinski definition) is 7. The predicted octanol–water partition coefficient (Wildman–Crippen LogP) is 2.99. The zero-order chi connectivity index (χ0) is 19.6. The average molecular weight is 400 g/mol. The minimum atomic E-state index is -4.68. The zero-order valence-corrected chi connectivity index (χ0v) is 15.1. The molecule has 27 heavy (non-hydrogen) atoms. The molecule has 0 saturated carbocycles. The Kier molecular flexibility index (Phi) is 5.26. The van der Waals surface area contributed by atoms with Gasteiger partial charge in [0.05, 0.1) is 11.4 Å². The molecule has 8 nitrogen and oxygen atoms in total. The highest BCUT2D eigenvalue weighted by molar-refractivity contribution is 7.15. The van der Waals surface area contributed by atoms with E-state index in [4.69, 9.17) is 0 Å². The summed E-state index contributed by atoms with van der Waals surface area (Å²) >= 11 is 1.20. The molecule has 0 radical (unpaired) electrons. The fourth-order valence-corrected chi connectivity index (χ4v) is 2.97. The highest BCUT2D eigenvalue weighted by Gasteiger charge is 2.38. The maximum absolute atomic E-state index is 12.5. The molecule has 0 aromatic carbocycles. The molecule has 1 atom stereocenters. The molecule has 3 aromatic heterocycles. The molecule has 0 aliphatic carbocycles. The summed E-state index contributed by atoms with van der Waals surface area (Å²) in [6.45, 7) is 4.13. The maximum atomic E-state index is 12.5. The van der Waals surface area contributed by atoms with Gasteiger partial charge in [-0.15, -0.1) is 16.4 Å². The van der Waals surface area contributed by atoms with Gasteiger partial charge >= 0.3 is 12.1 Å². The number of thiophene rings is 1. The van der Waals surface area contributed by atoms with E-state index in [1.807, 2.05) is 13.8 Å². The predicted molar refractivity (Wildman–Crippen MR) is 89.0 cm³/mol. The fraction of sp³-hybridized carbons (Fsp3) is 0.400. The van der Waals surface area contributed by atoms with Crippen LogP contribution in [0.3, 0.4) is 0 Å². The van der Waals surface area contributed by atoms with E-state index in [0.717, 1.165) is 11.3 Å². The molecule has 144 valence electrons. The SMILES string of the molecule is CCC(C)NC(=O)c1ncn(Cc2ccc(-c3noc(C(F)(F)F)n3)s2)n1. The number of alkyl halides is 3. The van der Waals surface area contributed by atoms with Crippen LogP contribution in [-0.4, -0.2) is 36.9 Å². The molecule has 0 aliphatic heterocycles. The van der Waals surface area contributed by atoms with Crippen molar-refractivity contribution in [2.45, 2.75) is 39.0 Å². The molecule has 0 aliphatic rings. The lowest BCUT2D eigenvalue weighted by Gasteiger charge is -2.08. The van der Waals surface area contributed by atoms with Crippen molar-refractivity contribution in [1.82, 2.24) is 30.2 Å². The first kappa shape index (κ1) is 19.0. The molecule has 3 heterocycles. The Labute approximate surface area is 155 Å². The number of carbonyl (C=O) groups excluding carboxylic acids is 1. The van der Waals surface area contributed by atoms with Crippen molar-refractivity contribution in [3.05, 3.63) is 35.1 Å². The van der Waals surface area contributed by atoms with Crippen molar-refractivity contribution in [3.8, 4) is 10.7 Å². The monoisotopic (exact) mass is 400 g/mol. The lowest BCUT2D eigenvalue weighted by atomic mass is 10.2. The molecule has 3 aromatic rings. The summed E-state index contributed by atoms with van der Waals surface area (Å²) < 4.78 is 43.3. The molecular weight excluding hydrogens is 385 g/mol. The van der Waals surface area contributed by atoms with Crippen LogP contribution < -0.4 is 5.32 Å². The van der Waals surface area contributed by atoms with E-state index < -0.39 is 12.1 Å². The van der Waals surface area contributed by atoms with Gasteiger partial charge in [-0.1, -0.05) is 12.1 Å². The van der Waals surface area contributed by atoms with Crippen molar-refractivity contribution in [3.63, 3.8) is 0 Å². The molecule has 1 N–H and O–H groups in total. The van der Waals surface area contributed by atoms with E-state index >= 15 is 0 Å². The smallest absolute Gasteiger partial charge is 0.347 e. The molecule has 3 rings (SSSR count). The summed E-state index contributed by atoms with van der Waals surface area (Å²) in [6, 6.07) is 3.32. The third kappa shape index (κ3) is 4.51. The highest BCUT2D eigenvalue weighted by Crippen LogP contribution is 2.31. The van der Waals surface area contributed by atoms with Crippen LogP contribution in [0.2, 0.25) is 0 Å². The van der Waals surface area contributed by atoms with Gasteiger partial charge in [0, 0.05) is 10.9 Å². The minimum absolute atomic E-state index is 0.0147. The van der Waals surface area contributed by atoms with Gasteiger partial charge in [0.2, 0.25) is 11.6 Å². The van der Waals surface area contributed by atoms with Gasteiger partial charge in [0.1, 0.15) is 6.33 Å². The lowest BCUT2D eigenvalue weighted by Crippen LogP contribution is -2.32. The number of nitrogens with zero attached hydrogens (tertiary/aromatic N) is 5. The van der Waals surface area contributed by atoms with E-state index in [9.17, 15) is 18.0 Å². The van der Waals surface area contributed by atoms with Crippen LogP contribution >= 0.6 is 11.3 Å². The molecule has 0 bridgehead atoms. The van der Waals surface area contributed by atoms with Crippen molar-refractivity contribution in [2.24, 2.45) is 0 Å². The van der Waals surface area contributed by atoms with E-state index in [2.05, 4.69) is 30.1 Å². The van der Waals surface area contributed by atoms with Gasteiger partial charge in [-0.3, -0.25) is 4.79 Å². The maximum Gasteiger partial charge on any atom is 0.471 e. The molecule has 0 saturated heterocycles. The van der Waals surface area contributed by atoms with E-state index in [0.29, 0.717) is 11.4 Å². The second kappa shape index (κ2) is 7.47. The lowest BCUT2D eigenvalue weighted by molar-refractivity contribution is -0.159. The van der Waals surface area contributed by atoms with E-state index in [-0.39, 0.29) is 23.6 Å². The van der Waals surface area contributed by atoms with Crippen LogP contribution in [0.5, 0.6) is 0 Å². The molecule has 1 unspecified atom stereocenters. The zero-order valence-electron chi connectivity index (χ0n) is 14.3. The number of carbonyl (C=O) groups is 1. The van der Waals surface area contributed by atoms with Gasteiger partial charge in [0.15, 0.2) is 0 Å². The van der Waals surface area contributed by atoms with E-state index in [1.165, 1.54) is 22.3 Å². The van der Waals surface area contributed by atoms with Crippen LogP contribution in [0.25, 0.3) is 10.7 Å². The van der Waals surface area contributed by atoms with Gasteiger partial charge in [-0.2, -0.15) is 18.2 Å². The normalized spacial score (nSPS) is 12.9. The largest absolute Gasteiger partial charge is 0.471 e. The van der Waals surface area contributed by atoms with Crippen LogP contribution in [-0.2, 0) is 12.7 Å². The second-order valence-electron chi connectivity index (χ2n) is 5.74. The standard InChI is InChI=1S/C15H15F3N6O2S/c1-3-8(2)20-13(25)12-19-7-24(22-12)6-9-4-5-10(27-9)11-21-14(26-23-11)15(16,17)18/h4-5,7-8H,3,6H2,1-2H3,(H,20,25). The highest BCUT2D eigenvalue weighted by atomic mass is 32.1. The third-order valence-electron chi connectivity index (χ3n) is 3.60. The first-order chi connectivity index (χ1) is 12.8. The van der Waals surface area contributed by atoms with Gasteiger partial charge in [-0.25, -0.2) is 9.67 Å². The Morgan fingerprint density at radius 2 is 2.19 bits per heavy atom. The molecule has 1 amide bonds. The van der Waals surface area contributed by atoms with Gasteiger partial charge in [-0.05, 0) is 25.5 Å². The summed E-state index contributed by atoms with van der Waals surface area (Å²) in [5.74, 6) is -1.83. The number of halogens is 3. The van der Waals surface area contributed by atoms with Crippen LogP contribution in [0.1, 0.15) is 41.7 Å². The quantitative estimate of drug-likeness (QED) is 0.683. The van der Waals surface area contributed by atoms with Crippen LogP contribution in [0.15, 0.2) is 23.0 Å². The minimum Gasteiger partial charge on any atom is -0.347 e. The summed E-state index contributed by atoms with van der Waals surface area (Å²) in [6.07, 6.45) is -2.48. The first-order valence-corrected chi connectivity index (χ1v) is 8.78. The number of amides is 1. The van der Waals surface area contributed by atoms with E-state index in [1.54, 1.807) is 12.1 Å². The average Bonchev–Trinajstić information content (AvgIpc) is 3.34. The Bertz CT molecular complexity index is 932. The van der Waals surface area contributed by atoms with Gasteiger partial charge < -0.3 is 9.84 Å². The number of nitrogens with one attached hydrogen (secondary N) is 1. The molecular formula is C15H15F3N6O2S. The Morgan fingerprint density at radius 1 is 1.41 bits per heavy atom. The van der Waals surface area contributed by atoms with Crippen molar-refractivity contribution in [1.29, 1.82) is 0 Å². The molecule has 12 heteroatoms. The summed E-state index contributed by atoms with van der Waals surface area (Å²) in [7, 11) is 0. The Morgan fingerprint density at radius 3 is 2.85 bits per heavy atom. The molecule has 0 fully saturated rings. The van der Waals surface area contributed by atoms with Gasteiger partial charge in [0.25, 0.3) is 5.91 Å². The van der Waals surface area contributed by atoms with Crippen molar-refractivity contribution in [2.75, 3.05) is 0 Å². The summed E-state index contributed by atoms with van der Waals surface area (Å²) in [4.78, 5) is 20.5. The van der Waals surface area contributed by atoms with Crippen molar-refractivity contribution >= 4 is 17.2 Å². The fourth-order valence-electron chi connectivity index (χ4n) is 2.05. The number of aromatic nitrogens is 5. The summed E-state index contributed by atoms with van der Waals surface area (Å²) in [5, 5.41) is 10.2. The molecule has 0 spiro atoms. The second-order valence-corrected chi connectivity index (χ2v) is 6.90. The first-order valence-electron chi connectivity index (χ1n) is 7.96.